The van der Waals surface area contributed by atoms with E-state index in [1.54, 1.807) is 13.0 Å². The Kier molecular flexibility index (Phi) is 6.26. The van der Waals surface area contributed by atoms with Crippen molar-refractivity contribution in [3.05, 3.63) is 43.4 Å². The molecule has 0 bridgehead atoms. The van der Waals surface area contributed by atoms with E-state index in [4.69, 9.17) is 9.47 Å². The highest BCUT2D eigenvalue weighted by Gasteiger charge is 2.16. The van der Waals surface area contributed by atoms with Crippen LogP contribution in [-0.2, 0) is 0 Å². The summed E-state index contributed by atoms with van der Waals surface area (Å²) >= 11 is 2.19. The molecule has 0 spiro atoms. The molecule has 2 aromatic rings. The van der Waals surface area contributed by atoms with Gasteiger partial charge in [0.2, 0.25) is 0 Å². The summed E-state index contributed by atoms with van der Waals surface area (Å²) in [6.45, 7) is 6.84. The maximum Gasteiger partial charge on any atom is 0.266 e. The monoisotopic (exact) mass is 438 g/mol. The number of rotatable bonds is 6. The number of hydrogen-bond acceptors (Lipinski definition) is 4. The van der Waals surface area contributed by atoms with E-state index in [0.29, 0.717) is 36.0 Å². The fourth-order valence-electron chi connectivity index (χ4n) is 2.36. The first-order chi connectivity index (χ1) is 11.5. The highest BCUT2D eigenvalue weighted by molar-refractivity contribution is 14.1. The number of benzene rings is 1. The van der Waals surface area contributed by atoms with Crippen LogP contribution in [0.4, 0.5) is 0 Å². The first-order valence-corrected chi connectivity index (χ1v) is 8.83. The average Bonchev–Trinajstić information content (AvgIpc) is 2.53. The molecule has 0 fully saturated rings. The number of ether oxygens (including phenoxy) is 2. The number of nitriles is 1. The fourth-order valence-corrected chi connectivity index (χ4v) is 3.11. The highest BCUT2D eigenvalue weighted by atomic mass is 127. The molecule has 1 N–H and O–H groups in total. The molecule has 6 heteroatoms. The van der Waals surface area contributed by atoms with Crippen molar-refractivity contribution in [1.82, 2.24) is 4.98 Å². The van der Waals surface area contributed by atoms with Gasteiger partial charge in [-0.05, 0) is 66.6 Å². The number of aryl methyl sites for hydroxylation is 1. The van der Waals surface area contributed by atoms with E-state index in [1.165, 1.54) is 0 Å². The molecular formula is C18H19IN2O3. The quantitative estimate of drug-likeness (QED) is 0.692. The van der Waals surface area contributed by atoms with Gasteiger partial charge in [0.15, 0.2) is 11.5 Å². The Balaban J connectivity index is 2.65. The number of aromatic amines is 1. The van der Waals surface area contributed by atoms with Gasteiger partial charge in [0.05, 0.1) is 16.8 Å². The summed E-state index contributed by atoms with van der Waals surface area (Å²) in [6.07, 6.45) is 0.898. The van der Waals surface area contributed by atoms with E-state index in [-0.39, 0.29) is 11.1 Å². The number of nitrogens with zero attached hydrogens (tertiary/aromatic N) is 1. The fraction of sp³-hybridized carbons (Fsp3) is 0.333. The number of halogens is 1. The van der Waals surface area contributed by atoms with E-state index in [1.807, 2.05) is 32.0 Å². The molecule has 0 radical (unpaired) electrons. The van der Waals surface area contributed by atoms with Crippen molar-refractivity contribution < 1.29 is 9.47 Å². The summed E-state index contributed by atoms with van der Waals surface area (Å²) in [5.41, 5.74) is 1.78. The molecular weight excluding hydrogens is 419 g/mol. The van der Waals surface area contributed by atoms with Crippen molar-refractivity contribution in [3.8, 4) is 28.7 Å². The largest absolute Gasteiger partial charge is 0.490 e. The molecule has 0 amide bonds. The third kappa shape index (κ3) is 3.90. The van der Waals surface area contributed by atoms with Crippen LogP contribution in [0.1, 0.15) is 31.5 Å². The zero-order valence-corrected chi connectivity index (χ0v) is 16.1. The zero-order valence-electron chi connectivity index (χ0n) is 13.9. The number of aromatic nitrogens is 1. The molecule has 0 saturated heterocycles. The van der Waals surface area contributed by atoms with Gasteiger partial charge in [-0.3, -0.25) is 4.79 Å². The van der Waals surface area contributed by atoms with Crippen LogP contribution in [0.25, 0.3) is 11.1 Å². The molecule has 1 aromatic heterocycles. The lowest BCUT2D eigenvalue weighted by atomic mass is 10.0. The third-order valence-electron chi connectivity index (χ3n) is 3.35. The molecule has 2 rings (SSSR count). The molecule has 0 aliphatic rings. The van der Waals surface area contributed by atoms with E-state index in [2.05, 4.69) is 27.6 Å². The summed E-state index contributed by atoms with van der Waals surface area (Å²) in [5, 5.41) is 9.34. The van der Waals surface area contributed by atoms with Gasteiger partial charge in [0.1, 0.15) is 11.6 Å². The SMILES string of the molecule is CCCOc1c(I)cc(-c2cc(C)[nH]c(=O)c2C#N)cc1OCC. The summed E-state index contributed by atoms with van der Waals surface area (Å²) in [5.74, 6) is 1.32. The molecule has 0 saturated carbocycles. The predicted octanol–water partition coefficient (Wildman–Crippen LogP) is 4.01. The molecule has 0 unspecified atom stereocenters. The van der Waals surface area contributed by atoms with Crippen molar-refractivity contribution in [3.63, 3.8) is 0 Å². The van der Waals surface area contributed by atoms with Gasteiger partial charge in [-0.1, -0.05) is 6.92 Å². The number of H-pyrrole nitrogens is 1. The van der Waals surface area contributed by atoms with Gasteiger partial charge < -0.3 is 14.5 Å². The summed E-state index contributed by atoms with van der Waals surface area (Å²) in [6, 6.07) is 7.52. The molecule has 24 heavy (non-hydrogen) atoms. The molecule has 1 aromatic carbocycles. The Hall–Kier alpha value is -2.01. The van der Waals surface area contributed by atoms with E-state index in [9.17, 15) is 10.1 Å². The van der Waals surface area contributed by atoms with Gasteiger partial charge >= 0.3 is 0 Å². The van der Waals surface area contributed by atoms with E-state index < -0.39 is 0 Å². The van der Waals surface area contributed by atoms with Crippen LogP contribution in [0.3, 0.4) is 0 Å². The second kappa shape index (κ2) is 8.20. The molecule has 1 heterocycles. The van der Waals surface area contributed by atoms with Gasteiger partial charge in [-0.2, -0.15) is 5.26 Å². The predicted molar refractivity (Wildman–Crippen MR) is 102 cm³/mol. The van der Waals surface area contributed by atoms with Crippen LogP contribution in [0.5, 0.6) is 11.5 Å². The van der Waals surface area contributed by atoms with Crippen LogP contribution in [-0.4, -0.2) is 18.2 Å². The average molecular weight is 438 g/mol. The normalized spacial score (nSPS) is 10.3. The summed E-state index contributed by atoms with van der Waals surface area (Å²) in [7, 11) is 0. The van der Waals surface area contributed by atoms with Gasteiger partial charge in [0.25, 0.3) is 5.56 Å². The van der Waals surface area contributed by atoms with Gasteiger partial charge in [-0.25, -0.2) is 0 Å². The minimum absolute atomic E-state index is 0.0982. The Labute approximate surface area is 154 Å². The molecule has 126 valence electrons. The Morgan fingerprint density at radius 1 is 1.25 bits per heavy atom. The first-order valence-electron chi connectivity index (χ1n) is 7.75. The Morgan fingerprint density at radius 2 is 2.00 bits per heavy atom. The minimum atomic E-state index is -0.383. The van der Waals surface area contributed by atoms with Crippen LogP contribution in [0, 0.1) is 21.8 Å². The van der Waals surface area contributed by atoms with Crippen molar-refractivity contribution in [2.45, 2.75) is 27.2 Å². The Bertz CT molecular complexity index is 837. The van der Waals surface area contributed by atoms with Crippen LogP contribution in [0.15, 0.2) is 23.0 Å². The molecule has 5 nitrogen and oxygen atoms in total. The Morgan fingerprint density at radius 3 is 2.62 bits per heavy atom. The molecule has 0 aliphatic heterocycles. The second-order valence-electron chi connectivity index (χ2n) is 5.25. The van der Waals surface area contributed by atoms with E-state index in [0.717, 1.165) is 15.6 Å². The number of hydrogen-bond donors (Lipinski definition) is 1. The second-order valence-corrected chi connectivity index (χ2v) is 6.41. The lowest BCUT2D eigenvalue weighted by Gasteiger charge is -2.16. The first kappa shape index (κ1) is 18.3. The smallest absolute Gasteiger partial charge is 0.266 e. The van der Waals surface area contributed by atoms with Gasteiger partial charge in [0, 0.05) is 11.3 Å². The van der Waals surface area contributed by atoms with Crippen molar-refractivity contribution in [2.75, 3.05) is 13.2 Å². The molecule has 0 atom stereocenters. The standard InChI is InChI=1S/C18H19IN2O3/c1-4-6-24-17-15(19)8-12(9-16(17)23-5-2)13-7-11(3)21-18(22)14(13)10-20/h7-9H,4-6H2,1-3H3,(H,21,22). The summed E-state index contributed by atoms with van der Waals surface area (Å²) < 4.78 is 12.4. The third-order valence-corrected chi connectivity index (χ3v) is 4.15. The minimum Gasteiger partial charge on any atom is -0.490 e. The lowest BCUT2D eigenvalue weighted by molar-refractivity contribution is 0.275. The lowest BCUT2D eigenvalue weighted by Crippen LogP contribution is -2.13. The maximum absolute atomic E-state index is 12.0. The van der Waals surface area contributed by atoms with Crippen LogP contribution < -0.4 is 15.0 Å². The number of nitrogens with one attached hydrogen (secondary N) is 1. The zero-order chi connectivity index (χ0) is 17.7. The molecule has 0 aliphatic carbocycles. The maximum atomic E-state index is 12.0. The van der Waals surface area contributed by atoms with Crippen LogP contribution >= 0.6 is 22.6 Å². The van der Waals surface area contributed by atoms with Crippen molar-refractivity contribution in [1.29, 1.82) is 5.26 Å². The number of pyridine rings is 1. The van der Waals surface area contributed by atoms with Crippen molar-refractivity contribution in [2.24, 2.45) is 0 Å². The van der Waals surface area contributed by atoms with E-state index >= 15 is 0 Å². The highest BCUT2D eigenvalue weighted by Crippen LogP contribution is 2.38. The summed E-state index contributed by atoms with van der Waals surface area (Å²) in [4.78, 5) is 14.7. The van der Waals surface area contributed by atoms with Crippen molar-refractivity contribution >= 4 is 22.6 Å². The van der Waals surface area contributed by atoms with Gasteiger partial charge in [-0.15, -0.1) is 0 Å². The van der Waals surface area contributed by atoms with Crippen LogP contribution in [0.2, 0.25) is 0 Å². The topological polar surface area (TPSA) is 75.1 Å².